The smallest absolute Gasteiger partial charge is 0.123 e. The van der Waals surface area contributed by atoms with Crippen molar-refractivity contribution in [1.82, 2.24) is 14.7 Å². The van der Waals surface area contributed by atoms with Crippen LogP contribution in [0.2, 0.25) is 0 Å². The van der Waals surface area contributed by atoms with Gasteiger partial charge in [0.05, 0.1) is 22.6 Å². The lowest BCUT2D eigenvalue weighted by atomic mass is 9.60. The van der Waals surface area contributed by atoms with Crippen LogP contribution in [0.5, 0.6) is 0 Å². The van der Waals surface area contributed by atoms with E-state index >= 15 is 0 Å². The number of halogens is 1. The largest absolute Gasteiger partial charge is 0.371 e. The second-order valence-corrected chi connectivity index (χ2v) is 12.9. The lowest BCUT2D eigenvalue weighted by Gasteiger charge is -2.47. The minimum atomic E-state index is -0.556. The number of rotatable bonds is 8. The van der Waals surface area contributed by atoms with Crippen molar-refractivity contribution < 1.29 is 4.39 Å². The molecular weight excluding hydrogens is 505 g/mol. The summed E-state index contributed by atoms with van der Waals surface area (Å²) in [4.78, 5) is 7.47. The summed E-state index contributed by atoms with van der Waals surface area (Å²) < 4.78 is 16.1. The monoisotopic (exact) mass is 543 g/mol. The van der Waals surface area contributed by atoms with Crippen LogP contribution >= 0.6 is 11.8 Å². The van der Waals surface area contributed by atoms with Crippen molar-refractivity contribution in [2.75, 3.05) is 37.6 Å². The van der Waals surface area contributed by atoms with Crippen LogP contribution in [-0.4, -0.2) is 47.4 Å². The molecule has 3 fully saturated rings. The highest BCUT2D eigenvalue weighted by Gasteiger charge is 2.49. The van der Waals surface area contributed by atoms with Gasteiger partial charge >= 0.3 is 0 Å². The maximum Gasteiger partial charge on any atom is 0.123 e. The average molecular weight is 544 g/mol. The van der Waals surface area contributed by atoms with Crippen molar-refractivity contribution in [3.05, 3.63) is 72.3 Å². The number of likely N-dealkylation sites (tertiary alicyclic amines) is 1. The Bertz CT molecular complexity index is 1300. The van der Waals surface area contributed by atoms with Crippen molar-refractivity contribution in [1.29, 1.82) is 5.26 Å². The van der Waals surface area contributed by atoms with Gasteiger partial charge in [-0.3, -0.25) is 4.68 Å². The Morgan fingerprint density at radius 1 is 1.00 bits per heavy atom. The van der Waals surface area contributed by atoms with Crippen molar-refractivity contribution in [3.8, 4) is 6.07 Å². The predicted molar refractivity (Wildman–Crippen MR) is 154 cm³/mol. The van der Waals surface area contributed by atoms with Crippen LogP contribution in [0.15, 0.2) is 70.7 Å². The quantitative estimate of drug-likeness (QED) is 0.324. The highest BCUT2D eigenvalue weighted by atomic mass is 32.2. The molecule has 2 saturated heterocycles. The molecule has 7 heteroatoms. The minimum Gasteiger partial charge on any atom is -0.371 e. The van der Waals surface area contributed by atoms with Crippen LogP contribution in [-0.2, 0) is 12.5 Å². The molecule has 0 N–H and O–H groups in total. The van der Waals surface area contributed by atoms with Crippen molar-refractivity contribution in [2.24, 2.45) is 24.8 Å². The Morgan fingerprint density at radius 2 is 1.72 bits per heavy atom. The molecule has 2 aliphatic heterocycles. The summed E-state index contributed by atoms with van der Waals surface area (Å²) in [7, 11) is 1.94. The predicted octanol–water partition coefficient (Wildman–Crippen LogP) is 6.51. The highest BCUT2D eigenvalue weighted by molar-refractivity contribution is 7.99. The number of nitriles is 1. The molecule has 1 atom stereocenters. The van der Waals surface area contributed by atoms with Gasteiger partial charge in [0, 0.05) is 49.4 Å². The molecule has 3 aliphatic rings. The maximum absolute atomic E-state index is 14.3. The Labute approximate surface area is 236 Å². The molecule has 0 spiro atoms. The first kappa shape index (κ1) is 26.4. The molecule has 5 nitrogen and oxygen atoms in total. The lowest BCUT2D eigenvalue weighted by molar-refractivity contribution is 0.103. The van der Waals surface area contributed by atoms with Gasteiger partial charge in [0.15, 0.2) is 0 Å². The van der Waals surface area contributed by atoms with Gasteiger partial charge in [-0.25, -0.2) is 4.39 Å². The number of anilines is 1. The van der Waals surface area contributed by atoms with Gasteiger partial charge in [0.2, 0.25) is 0 Å². The third-order valence-corrected chi connectivity index (χ3v) is 10.3. The number of aryl methyl sites for hydroxylation is 1. The molecule has 39 heavy (non-hydrogen) atoms. The fourth-order valence-electron chi connectivity index (χ4n) is 7.32. The van der Waals surface area contributed by atoms with Gasteiger partial charge in [-0.15, -0.1) is 0 Å². The summed E-state index contributed by atoms with van der Waals surface area (Å²) >= 11 is 1.74. The summed E-state index contributed by atoms with van der Waals surface area (Å²) in [5, 5.41) is 14.9. The normalized spacial score (nSPS) is 21.0. The lowest BCUT2D eigenvalue weighted by Crippen LogP contribution is -2.53. The average Bonchev–Trinajstić information content (AvgIpc) is 3.61. The van der Waals surface area contributed by atoms with Crippen LogP contribution in [0.25, 0.3) is 0 Å². The third-order valence-electron chi connectivity index (χ3n) is 9.31. The molecule has 0 unspecified atom stereocenters. The van der Waals surface area contributed by atoms with E-state index in [4.69, 9.17) is 0 Å². The molecular formula is C32H38FN5S. The second kappa shape index (κ2) is 11.3. The maximum atomic E-state index is 14.3. The molecule has 0 bridgehead atoms. The Hall–Kier alpha value is -2.82. The highest BCUT2D eigenvalue weighted by Crippen LogP contribution is 2.50. The van der Waals surface area contributed by atoms with Crippen molar-refractivity contribution in [2.45, 2.75) is 53.7 Å². The molecule has 3 heterocycles. The number of nitrogens with zero attached hydrogens (tertiary/aromatic N) is 5. The number of hydrogen-bond donors (Lipinski definition) is 0. The molecule has 2 aromatic carbocycles. The van der Waals surface area contributed by atoms with E-state index in [1.54, 1.807) is 23.9 Å². The topological polar surface area (TPSA) is 48.1 Å². The van der Waals surface area contributed by atoms with Crippen LogP contribution < -0.4 is 4.90 Å². The number of piperidine rings is 1. The zero-order valence-electron chi connectivity index (χ0n) is 22.8. The molecule has 1 aliphatic carbocycles. The molecule has 6 rings (SSSR count). The van der Waals surface area contributed by atoms with Gasteiger partial charge in [-0.2, -0.15) is 10.4 Å². The zero-order valence-corrected chi connectivity index (χ0v) is 23.6. The van der Waals surface area contributed by atoms with Gasteiger partial charge in [-0.1, -0.05) is 36.7 Å². The third kappa shape index (κ3) is 5.47. The van der Waals surface area contributed by atoms with Crippen molar-refractivity contribution >= 4 is 17.4 Å². The van der Waals surface area contributed by atoms with Crippen molar-refractivity contribution in [3.63, 3.8) is 0 Å². The Kier molecular flexibility index (Phi) is 7.68. The van der Waals surface area contributed by atoms with Crippen LogP contribution in [0.3, 0.4) is 0 Å². The fourth-order valence-corrected chi connectivity index (χ4v) is 8.17. The first-order valence-corrected chi connectivity index (χ1v) is 15.3. The summed E-state index contributed by atoms with van der Waals surface area (Å²) in [6.07, 6.45) is 10.5. The second-order valence-electron chi connectivity index (χ2n) is 11.8. The standard InChI is InChI=1S/C32H38FN5S/c1-36-22-31(18-35-36)39-30-11-9-29(10-12-30)38-20-24(21-38)19-37-15-13-26(14-16-37)32(23-34,25-5-2-3-6-25)27-7-4-8-28(33)17-27/h4,7-12,17-18,22,24-26H,2-3,5-6,13-16,19-21H2,1H3/t32-/m0/s1. The molecule has 1 aromatic heterocycles. The van der Waals surface area contributed by atoms with Crippen LogP contribution in [0, 0.1) is 34.9 Å². The summed E-state index contributed by atoms with van der Waals surface area (Å²) in [5.74, 6) is 1.10. The minimum absolute atomic E-state index is 0.223. The summed E-state index contributed by atoms with van der Waals surface area (Å²) in [6.45, 7) is 5.39. The van der Waals surface area contributed by atoms with Crippen LogP contribution in [0.4, 0.5) is 10.1 Å². The molecule has 3 aromatic rings. The van der Waals surface area contributed by atoms with E-state index in [-0.39, 0.29) is 5.82 Å². The van der Waals surface area contributed by atoms with Gasteiger partial charge < -0.3 is 9.80 Å². The first-order chi connectivity index (χ1) is 19.0. The van der Waals surface area contributed by atoms with E-state index in [1.807, 2.05) is 30.2 Å². The number of benzene rings is 2. The fraction of sp³-hybridized carbons (Fsp3) is 0.500. The van der Waals surface area contributed by atoms with E-state index in [9.17, 15) is 9.65 Å². The van der Waals surface area contributed by atoms with E-state index in [1.165, 1.54) is 29.5 Å². The van der Waals surface area contributed by atoms with E-state index in [0.29, 0.717) is 17.8 Å². The molecule has 1 saturated carbocycles. The molecule has 204 valence electrons. The summed E-state index contributed by atoms with van der Waals surface area (Å²) in [5.41, 5.74) is 1.65. The van der Waals surface area contributed by atoms with Crippen LogP contribution in [0.1, 0.15) is 44.1 Å². The number of hydrogen-bond acceptors (Lipinski definition) is 5. The first-order valence-electron chi connectivity index (χ1n) is 14.4. The zero-order chi connectivity index (χ0) is 26.8. The molecule has 0 radical (unpaired) electrons. The van der Waals surface area contributed by atoms with E-state index < -0.39 is 5.41 Å². The Morgan fingerprint density at radius 3 is 2.36 bits per heavy atom. The van der Waals surface area contributed by atoms with E-state index in [0.717, 1.165) is 68.9 Å². The van der Waals surface area contributed by atoms with Gasteiger partial charge in [-0.05, 0) is 92.6 Å². The molecule has 0 amide bonds. The SMILES string of the molecule is Cn1cc(Sc2ccc(N3CC(CN4CCC([C@@](C#N)(c5cccc(F)c5)C5CCCC5)CC4)C3)cc2)cn1. The summed E-state index contributed by atoms with van der Waals surface area (Å²) in [6, 6.07) is 18.6. The van der Waals surface area contributed by atoms with Gasteiger partial charge in [0.1, 0.15) is 5.82 Å². The van der Waals surface area contributed by atoms with Gasteiger partial charge in [0.25, 0.3) is 0 Å². The Balaban J connectivity index is 1.02. The van der Waals surface area contributed by atoms with E-state index in [2.05, 4.69) is 45.2 Å². The number of aromatic nitrogens is 2.